The summed E-state index contributed by atoms with van der Waals surface area (Å²) in [5.41, 5.74) is 8.34. The number of nitrogens with two attached hydrogens (primary N) is 1. The van der Waals surface area contributed by atoms with Gasteiger partial charge in [0.25, 0.3) is 0 Å². The van der Waals surface area contributed by atoms with Crippen LogP contribution in [0.4, 0.5) is 5.69 Å². The first kappa shape index (κ1) is 12.7. The number of aryl methyl sites for hydroxylation is 1. The average Bonchev–Trinajstić information content (AvgIpc) is 3.20. The molecule has 1 aliphatic rings. The van der Waals surface area contributed by atoms with E-state index in [4.69, 9.17) is 5.73 Å². The third-order valence-electron chi connectivity index (χ3n) is 4.06. The first-order valence-electron chi connectivity index (χ1n) is 6.59. The molecule has 0 bridgehead atoms. The second kappa shape index (κ2) is 4.10. The van der Waals surface area contributed by atoms with Crippen molar-refractivity contribution in [1.82, 2.24) is 4.57 Å². The predicted octanol–water partition coefficient (Wildman–Crippen LogP) is 2.23. The Labute approximate surface area is 115 Å². The molecule has 104 valence electrons. The summed E-state index contributed by atoms with van der Waals surface area (Å²) in [4.78, 5) is 23.6. The zero-order valence-corrected chi connectivity index (χ0v) is 11.4. The van der Waals surface area contributed by atoms with Gasteiger partial charge in [0.05, 0.1) is 10.9 Å². The summed E-state index contributed by atoms with van der Waals surface area (Å²) in [5.74, 6) is -1.20. The highest BCUT2D eigenvalue weighted by atomic mass is 16.4. The van der Waals surface area contributed by atoms with Crippen molar-refractivity contribution in [2.45, 2.75) is 32.7 Å². The van der Waals surface area contributed by atoms with Crippen LogP contribution in [-0.4, -0.2) is 15.6 Å². The van der Waals surface area contributed by atoms with Gasteiger partial charge in [0.2, 0.25) is 5.43 Å². The highest BCUT2D eigenvalue weighted by Crippen LogP contribution is 2.38. The fraction of sp³-hybridized carbons (Fsp3) is 0.333. The molecule has 3 rings (SSSR count). The lowest BCUT2D eigenvalue weighted by Gasteiger charge is -2.15. The largest absolute Gasteiger partial charge is 0.477 e. The molecule has 0 unspecified atom stereocenters. The molecule has 5 heteroatoms. The van der Waals surface area contributed by atoms with Gasteiger partial charge in [0.15, 0.2) is 0 Å². The molecule has 20 heavy (non-hydrogen) atoms. The lowest BCUT2D eigenvalue weighted by atomic mass is 10.0. The smallest absolute Gasteiger partial charge is 0.341 e. The number of hydrogen-bond acceptors (Lipinski definition) is 3. The third kappa shape index (κ3) is 1.70. The van der Waals surface area contributed by atoms with Crippen molar-refractivity contribution in [1.29, 1.82) is 0 Å². The van der Waals surface area contributed by atoms with Crippen LogP contribution in [0.5, 0.6) is 0 Å². The lowest BCUT2D eigenvalue weighted by molar-refractivity contribution is 0.0695. The number of pyridine rings is 1. The fourth-order valence-electron chi connectivity index (χ4n) is 2.57. The SMILES string of the molecule is Cc1cc2c(c(N)c1C)c(=O)c(C(=O)O)cn2C1CC1. The van der Waals surface area contributed by atoms with Crippen molar-refractivity contribution < 1.29 is 9.90 Å². The maximum atomic E-state index is 12.4. The number of nitrogen functional groups attached to an aromatic ring is 1. The molecule has 1 heterocycles. The van der Waals surface area contributed by atoms with E-state index in [0.29, 0.717) is 11.1 Å². The Hall–Kier alpha value is -2.30. The normalized spacial score (nSPS) is 14.7. The first-order valence-corrected chi connectivity index (χ1v) is 6.59. The number of benzene rings is 1. The van der Waals surface area contributed by atoms with Gasteiger partial charge in [-0.2, -0.15) is 0 Å². The second-order valence-corrected chi connectivity index (χ2v) is 5.44. The van der Waals surface area contributed by atoms with Gasteiger partial charge in [0.1, 0.15) is 5.56 Å². The van der Waals surface area contributed by atoms with Crippen LogP contribution in [0.1, 0.15) is 40.4 Å². The van der Waals surface area contributed by atoms with Gasteiger partial charge >= 0.3 is 5.97 Å². The topological polar surface area (TPSA) is 85.3 Å². The molecule has 1 aromatic heterocycles. The Morgan fingerprint density at radius 2 is 2.05 bits per heavy atom. The van der Waals surface area contributed by atoms with Gasteiger partial charge < -0.3 is 15.4 Å². The number of carboxylic acid groups (broad SMARTS) is 1. The predicted molar refractivity (Wildman–Crippen MR) is 77.3 cm³/mol. The highest BCUT2D eigenvalue weighted by Gasteiger charge is 2.27. The van der Waals surface area contributed by atoms with Gasteiger partial charge in [-0.1, -0.05) is 0 Å². The van der Waals surface area contributed by atoms with E-state index in [2.05, 4.69) is 0 Å². The number of aromatic nitrogens is 1. The molecule has 0 amide bonds. The van der Waals surface area contributed by atoms with Crippen molar-refractivity contribution in [2.24, 2.45) is 0 Å². The zero-order valence-electron chi connectivity index (χ0n) is 11.4. The van der Waals surface area contributed by atoms with Gasteiger partial charge in [-0.3, -0.25) is 4.79 Å². The maximum Gasteiger partial charge on any atom is 0.341 e. The Morgan fingerprint density at radius 1 is 1.40 bits per heavy atom. The van der Waals surface area contributed by atoms with Crippen molar-refractivity contribution in [3.63, 3.8) is 0 Å². The van der Waals surface area contributed by atoms with Crippen molar-refractivity contribution in [3.8, 4) is 0 Å². The van der Waals surface area contributed by atoms with Gasteiger partial charge in [0, 0.05) is 17.9 Å². The quantitative estimate of drug-likeness (QED) is 0.821. The molecular weight excluding hydrogens is 256 g/mol. The van der Waals surface area contributed by atoms with E-state index in [1.807, 2.05) is 24.5 Å². The van der Waals surface area contributed by atoms with Crippen LogP contribution in [0, 0.1) is 13.8 Å². The summed E-state index contributed by atoms with van der Waals surface area (Å²) in [6, 6.07) is 2.20. The minimum atomic E-state index is -1.20. The molecule has 0 atom stereocenters. The summed E-state index contributed by atoms with van der Waals surface area (Å²) in [6.45, 7) is 3.79. The standard InChI is InChI=1S/C15H16N2O3/c1-7-5-11-12(13(16)8(7)2)14(18)10(15(19)20)6-17(11)9-3-4-9/h5-6,9H,3-4,16H2,1-2H3,(H,19,20). The van der Waals surface area contributed by atoms with Crippen LogP contribution in [0.15, 0.2) is 17.1 Å². The molecule has 5 nitrogen and oxygen atoms in total. The lowest BCUT2D eigenvalue weighted by Crippen LogP contribution is -2.20. The summed E-state index contributed by atoms with van der Waals surface area (Å²) in [5, 5.41) is 9.55. The Kier molecular flexibility index (Phi) is 2.61. The molecule has 0 spiro atoms. The minimum absolute atomic E-state index is 0.209. The molecule has 1 aromatic carbocycles. The number of nitrogens with zero attached hydrogens (tertiary/aromatic N) is 1. The first-order chi connectivity index (χ1) is 9.41. The zero-order chi connectivity index (χ0) is 14.6. The summed E-state index contributed by atoms with van der Waals surface area (Å²) in [7, 11) is 0. The highest BCUT2D eigenvalue weighted by molar-refractivity contribution is 5.98. The van der Waals surface area contributed by atoms with E-state index in [1.165, 1.54) is 6.20 Å². The molecule has 0 saturated heterocycles. The molecule has 0 aliphatic heterocycles. The molecule has 1 saturated carbocycles. The van der Waals surface area contributed by atoms with Crippen molar-refractivity contribution in [2.75, 3.05) is 5.73 Å². The average molecular weight is 272 g/mol. The number of fused-ring (bicyclic) bond motifs is 1. The van der Waals surface area contributed by atoms with Gasteiger partial charge in [-0.15, -0.1) is 0 Å². The van der Waals surface area contributed by atoms with E-state index in [1.54, 1.807) is 0 Å². The number of carboxylic acids is 1. The number of aromatic carboxylic acids is 1. The van der Waals surface area contributed by atoms with Gasteiger partial charge in [-0.25, -0.2) is 4.79 Å². The van der Waals surface area contributed by atoms with E-state index in [0.717, 1.165) is 29.5 Å². The molecular formula is C15H16N2O3. The molecule has 2 aromatic rings. The molecule has 3 N–H and O–H groups in total. The van der Waals surface area contributed by atoms with Crippen LogP contribution < -0.4 is 11.2 Å². The molecule has 1 fully saturated rings. The van der Waals surface area contributed by atoms with Crippen LogP contribution >= 0.6 is 0 Å². The summed E-state index contributed by atoms with van der Waals surface area (Å²) in [6.07, 6.45) is 3.46. The van der Waals surface area contributed by atoms with Crippen LogP contribution in [-0.2, 0) is 0 Å². The van der Waals surface area contributed by atoms with E-state index < -0.39 is 11.4 Å². The summed E-state index contributed by atoms with van der Waals surface area (Å²) < 4.78 is 1.89. The van der Waals surface area contributed by atoms with E-state index in [9.17, 15) is 14.7 Å². The monoisotopic (exact) mass is 272 g/mol. The number of rotatable bonds is 2. The number of anilines is 1. The van der Waals surface area contributed by atoms with Crippen LogP contribution in [0.2, 0.25) is 0 Å². The number of hydrogen-bond donors (Lipinski definition) is 2. The van der Waals surface area contributed by atoms with Crippen molar-refractivity contribution in [3.05, 3.63) is 39.2 Å². The fourth-order valence-corrected chi connectivity index (χ4v) is 2.57. The third-order valence-corrected chi connectivity index (χ3v) is 4.06. The van der Waals surface area contributed by atoms with Crippen molar-refractivity contribution >= 4 is 22.6 Å². The maximum absolute atomic E-state index is 12.4. The Morgan fingerprint density at radius 3 is 2.60 bits per heavy atom. The van der Waals surface area contributed by atoms with Crippen LogP contribution in [0.3, 0.4) is 0 Å². The molecule has 1 aliphatic carbocycles. The molecule has 0 radical (unpaired) electrons. The minimum Gasteiger partial charge on any atom is -0.477 e. The number of carbonyl (C=O) groups is 1. The van der Waals surface area contributed by atoms with E-state index >= 15 is 0 Å². The van der Waals surface area contributed by atoms with Crippen LogP contribution in [0.25, 0.3) is 10.9 Å². The Balaban J connectivity index is 2.52. The summed E-state index contributed by atoms with van der Waals surface area (Å²) >= 11 is 0. The second-order valence-electron chi connectivity index (χ2n) is 5.44. The van der Waals surface area contributed by atoms with E-state index in [-0.39, 0.29) is 11.6 Å². The van der Waals surface area contributed by atoms with Gasteiger partial charge in [-0.05, 0) is 43.9 Å². The Bertz CT molecular complexity index is 801.